The lowest BCUT2D eigenvalue weighted by Crippen LogP contribution is -2.42. The number of hydrogen-bond acceptors (Lipinski definition) is 5. The molecule has 1 aromatic rings. The summed E-state index contributed by atoms with van der Waals surface area (Å²) >= 11 is 0. The zero-order valence-corrected chi connectivity index (χ0v) is 11.9. The van der Waals surface area contributed by atoms with Crippen molar-refractivity contribution in [3.63, 3.8) is 0 Å². The van der Waals surface area contributed by atoms with Gasteiger partial charge in [0.1, 0.15) is 0 Å². The molecule has 2 N–H and O–H groups in total. The molecule has 0 amide bonds. The van der Waals surface area contributed by atoms with E-state index >= 15 is 0 Å². The van der Waals surface area contributed by atoms with Gasteiger partial charge < -0.3 is 15.3 Å². The number of carbonyl (C=O) groups is 1. The first kappa shape index (κ1) is 15.2. The van der Waals surface area contributed by atoms with Crippen molar-refractivity contribution in [2.24, 2.45) is 0 Å². The van der Waals surface area contributed by atoms with Crippen LogP contribution < -0.4 is 5.32 Å². The van der Waals surface area contributed by atoms with E-state index in [2.05, 4.69) is 17.1 Å². The average Bonchev–Trinajstić information content (AvgIpc) is 2.47. The number of carboxylic acid groups (broad SMARTS) is 1. The maximum Gasteiger partial charge on any atom is 0.337 e. The third kappa shape index (κ3) is 3.69. The van der Waals surface area contributed by atoms with Crippen LogP contribution in [0.1, 0.15) is 30.1 Å². The molecule has 114 valence electrons. The maximum atomic E-state index is 11.2. The summed E-state index contributed by atoms with van der Waals surface area (Å²) in [7, 11) is 0. The number of carboxylic acids is 1. The lowest BCUT2D eigenvalue weighted by molar-refractivity contribution is -0.384. The summed E-state index contributed by atoms with van der Waals surface area (Å²) in [6, 6.07) is 3.91. The molecular formula is C14H19N3O4. The van der Waals surface area contributed by atoms with Crippen LogP contribution in [0.25, 0.3) is 0 Å². The first-order chi connectivity index (χ1) is 10.0. The third-order valence-corrected chi connectivity index (χ3v) is 3.76. The van der Waals surface area contributed by atoms with Crippen molar-refractivity contribution < 1.29 is 14.8 Å². The van der Waals surface area contributed by atoms with Crippen molar-refractivity contribution in [1.82, 2.24) is 4.90 Å². The molecule has 0 aliphatic carbocycles. The number of likely N-dealkylation sites (tertiary alicyclic amines) is 1. The number of aromatic carboxylic acids is 1. The van der Waals surface area contributed by atoms with Gasteiger partial charge >= 0.3 is 5.97 Å². The van der Waals surface area contributed by atoms with E-state index in [0.717, 1.165) is 32.5 Å². The van der Waals surface area contributed by atoms with Crippen LogP contribution in [-0.4, -0.2) is 46.6 Å². The molecule has 1 aliphatic heterocycles. The van der Waals surface area contributed by atoms with E-state index in [4.69, 9.17) is 0 Å². The van der Waals surface area contributed by atoms with Crippen LogP contribution in [-0.2, 0) is 0 Å². The fourth-order valence-corrected chi connectivity index (χ4v) is 2.63. The molecule has 1 aliphatic rings. The number of piperidine rings is 1. The maximum absolute atomic E-state index is 11.2. The van der Waals surface area contributed by atoms with Gasteiger partial charge in [-0.15, -0.1) is 0 Å². The zero-order valence-electron chi connectivity index (χ0n) is 11.9. The van der Waals surface area contributed by atoms with E-state index in [1.807, 2.05) is 0 Å². The molecule has 0 radical (unpaired) electrons. The Labute approximate surface area is 122 Å². The van der Waals surface area contributed by atoms with Crippen molar-refractivity contribution in [3.05, 3.63) is 33.9 Å². The van der Waals surface area contributed by atoms with Gasteiger partial charge in [-0.25, -0.2) is 4.79 Å². The van der Waals surface area contributed by atoms with E-state index in [9.17, 15) is 20.0 Å². The topological polar surface area (TPSA) is 95.7 Å². The number of anilines is 1. The fraction of sp³-hybridized carbons (Fsp3) is 0.500. The Kier molecular flexibility index (Phi) is 4.74. The van der Waals surface area contributed by atoms with Gasteiger partial charge in [0.05, 0.1) is 16.2 Å². The highest BCUT2D eigenvalue weighted by atomic mass is 16.6. The second kappa shape index (κ2) is 6.53. The first-order valence-corrected chi connectivity index (χ1v) is 7.02. The smallest absolute Gasteiger partial charge is 0.337 e. The van der Waals surface area contributed by atoms with Gasteiger partial charge in [-0.05, 0) is 32.0 Å². The number of nitrogens with zero attached hydrogens (tertiary/aromatic N) is 2. The molecule has 7 nitrogen and oxygen atoms in total. The Morgan fingerprint density at radius 1 is 1.57 bits per heavy atom. The first-order valence-electron chi connectivity index (χ1n) is 7.02. The molecule has 2 rings (SSSR count). The summed E-state index contributed by atoms with van der Waals surface area (Å²) in [4.78, 5) is 23.9. The summed E-state index contributed by atoms with van der Waals surface area (Å²) in [6.07, 6.45) is 1.96. The Hall–Kier alpha value is -2.15. The highest BCUT2D eigenvalue weighted by molar-refractivity contribution is 5.94. The van der Waals surface area contributed by atoms with Crippen molar-refractivity contribution in [3.8, 4) is 0 Å². The molecule has 21 heavy (non-hydrogen) atoms. The van der Waals surface area contributed by atoms with Gasteiger partial charge in [-0.2, -0.15) is 0 Å². The molecule has 1 aromatic carbocycles. The third-order valence-electron chi connectivity index (χ3n) is 3.76. The summed E-state index contributed by atoms with van der Waals surface area (Å²) in [5.41, 5.74) is 0.277. The van der Waals surface area contributed by atoms with Crippen LogP contribution in [0.4, 0.5) is 11.4 Å². The monoisotopic (exact) mass is 293 g/mol. The lowest BCUT2D eigenvalue weighted by Gasteiger charge is -2.33. The quantitative estimate of drug-likeness (QED) is 0.638. The Morgan fingerprint density at radius 3 is 2.95 bits per heavy atom. The molecule has 1 fully saturated rings. The lowest BCUT2D eigenvalue weighted by atomic mass is 10.0. The van der Waals surface area contributed by atoms with Crippen molar-refractivity contribution >= 4 is 17.3 Å². The molecule has 1 atom stereocenters. The number of likely N-dealkylation sites (N-methyl/N-ethyl adjacent to an activating group) is 1. The minimum absolute atomic E-state index is 0.0641. The number of non-ortho nitro benzene ring substituents is 1. The summed E-state index contributed by atoms with van der Waals surface area (Å²) in [5, 5.41) is 23.2. The number of nitrogens with one attached hydrogen (secondary N) is 1. The molecule has 1 saturated heterocycles. The average molecular weight is 293 g/mol. The van der Waals surface area contributed by atoms with Crippen molar-refractivity contribution in [2.75, 3.05) is 25.0 Å². The molecule has 7 heteroatoms. The van der Waals surface area contributed by atoms with Crippen LogP contribution in [0.5, 0.6) is 0 Å². The van der Waals surface area contributed by atoms with Gasteiger partial charge in [0.25, 0.3) is 5.69 Å². The molecule has 0 spiro atoms. The van der Waals surface area contributed by atoms with Gasteiger partial charge in [0.2, 0.25) is 0 Å². The number of nitro benzene ring substituents is 1. The van der Waals surface area contributed by atoms with Crippen LogP contribution in [0.15, 0.2) is 18.2 Å². The highest BCUT2D eigenvalue weighted by Crippen LogP contribution is 2.25. The van der Waals surface area contributed by atoms with Gasteiger partial charge in [-0.1, -0.05) is 6.92 Å². The van der Waals surface area contributed by atoms with Gasteiger partial charge in [0, 0.05) is 24.7 Å². The minimum Gasteiger partial charge on any atom is -0.478 e. The Bertz CT molecular complexity index is 547. The second-order valence-corrected chi connectivity index (χ2v) is 5.17. The molecule has 0 bridgehead atoms. The van der Waals surface area contributed by atoms with E-state index in [-0.39, 0.29) is 17.3 Å². The second-order valence-electron chi connectivity index (χ2n) is 5.17. The van der Waals surface area contributed by atoms with Crippen molar-refractivity contribution in [1.29, 1.82) is 0 Å². The summed E-state index contributed by atoms with van der Waals surface area (Å²) < 4.78 is 0. The van der Waals surface area contributed by atoms with Gasteiger partial charge in [-0.3, -0.25) is 10.1 Å². The molecular weight excluding hydrogens is 274 g/mol. The van der Waals surface area contributed by atoms with E-state index in [0.29, 0.717) is 5.69 Å². The molecule has 1 unspecified atom stereocenters. The van der Waals surface area contributed by atoms with E-state index in [1.54, 1.807) is 0 Å². The van der Waals surface area contributed by atoms with Crippen LogP contribution in [0.2, 0.25) is 0 Å². The number of nitro groups is 1. The Balaban J connectivity index is 2.22. The Morgan fingerprint density at radius 2 is 2.33 bits per heavy atom. The minimum atomic E-state index is -1.09. The normalized spacial score (nSPS) is 19.2. The predicted molar refractivity (Wildman–Crippen MR) is 78.8 cm³/mol. The molecule has 1 heterocycles. The molecule has 0 aromatic heterocycles. The summed E-state index contributed by atoms with van der Waals surface area (Å²) in [5.74, 6) is -1.09. The number of benzene rings is 1. The van der Waals surface area contributed by atoms with Gasteiger partial charge in [0.15, 0.2) is 0 Å². The van der Waals surface area contributed by atoms with Crippen LogP contribution in [0, 0.1) is 10.1 Å². The summed E-state index contributed by atoms with van der Waals surface area (Å²) in [6.45, 7) is 4.88. The number of hydrogen-bond donors (Lipinski definition) is 2. The van der Waals surface area contributed by atoms with E-state index in [1.165, 1.54) is 18.2 Å². The SMILES string of the molecule is CCN1CCCC(Nc2cc([N+](=O)[O-])ccc2C(=O)O)C1. The number of rotatable bonds is 5. The standard InChI is InChI=1S/C14H19N3O4/c1-2-16-7-3-4-10(9-16)15-13-8-11(17(20)21)5-6-12(13)14(18)19/h5-6,8,10,15H,2-4,7,9H2,1H3,(H,18,19). The highest BCUT2D eigenvalue weighted by Gasteiger charge is 2.22. The van der Waals surface area contributed by atoms with Crippen molar-refractivity contribution in [2.45, 2.75) is 25.8 Å². The van der Waals surface area contributed by atoms with Crippen LogP contribution >= 0.6 is 0 Å². The van der Waals surface area contributed by atoms with Crippen LogP contribution in [0.3, 0.4) is 0 Å². The predicted octanol–water partition coefficient (Wildman–Crippen LogP) is 2.19. The van der Waals surface area contributed by atoms with E-state index < -0.39 is 10.9 Å². The largest absolute Gasteiger partial charge is 0.478 e. The molecule has 0 saturated carbocycles. The zero-order chi connectivity index (χ0) is 15.4. The fourth-order valence-electron chi connectivity index (χ4n) is 2.63.